The summed E-state index contributed by atoms with van der Waals surface area (Å²) in [6.07, 6.45) is -0.0942. The third-order valence-corrected chi connectivity index (χ3v) is 6.69. The zero-order chi connectivity index (χ0) is 13.6. The summed E-state index contributed by atoms with van der Waals surface area (Å²) in [6, 6.07) is 3.16. The van der Waals surface area contributed by atoms with Crippen molar-refractivity contribution >= 4 is 33.0 Å². The van der Waals surface area contributed by atoms with Gasteiger partial charge < -0.3 is 4.74 Å². The number of ether oxygens (including phenoxy) is 1. The van der Waals surface area contributed by atoms with E-state index >= 15 is 0 Å². The van der Waals surface area contributed by atoms with Crippen LogP contribution in [0.5, 0.6) is 0 Å². The van der Waals surface area contributed by atoms with Crippen LogP contribution in [0.4, 0.5) is 0 Å². The number of hydrogen-bond acceptors (Lipinski definition) is 4. The molecular weight excluding hydrogens is 294 g/mol. The van der Waals surface area contributed by atoms with Crippen LogP contribution >= 0.6 is 22.9 Å². The van der Waals surface area contributed by atoms with Crippen LogP contribution in [0.3, 0.4) is 0 Å². The fourth-order valence-corrected chi connectivity index (χ4v) is 5.36. The van der Waals surface area contributed by atoms with Gasteiger partial charge in [-0.25, -0.2) is 8.42 Å². The third kappa shape index (κ3) is 2.58. The van der Waals surface area contributed by atoms with Crippen molar-refractivity contribution in [2.45, 2.75) is 36.6 Å². The molecule has 1 fully saturated rings. The Bertz CT molecular complexity index is 538. The first-order valence-corrected chi connectivity index (χ1v) is 8.27. The largest absolute Gasteiger partial charge is 0.375 e. The lowest BCUT2D eigenvalue weighted by molar-refractivity contribution is -0.0550. The molecule has 1 unspecified atom stereocenters. The zero-order valence-corrected chi connectivity index (χ0v) is 12.9. The predicted molar refractivity (Wildman–Crippen MR) is 72.7 cm³/mol. The Morgan fingerprint density at radius 1 is 1.50 bits per heavy atom. The smallest absolute Gasteiger partial charge is 0.253 e. The van der Waals surface area contributed by atoms with E-state index in [1.807, 2.05) is 20.8 Å². The molecule has 1 aromatic rings. The van der Waals surface area contributed by atoms with Gasteiger partial charge in [-0.1, -0.05) is 11.6 Å². The summed E-state index contributed by atoms with van der Waals surface area (Å²) >= 11 is 6.90. The quantitative estimate of drug-likeness (QED) is 0.843. The van der Waals surface area contributed by atoms with Crippen LogP contribution in [0.25, 0.3) is 0 Å². The number of sulfonamides is 1. The van der Waals surface area contributed by atoms with E-state index < -0.39 is 15.6 Å². The lowest BCUT2D eigenvalue weighted by Gasteiger charge is -2.43. The molecule has 7 heteroatoms. The molecule has 1 aliphatic heterocycles. The molecule has 2 heterocycles. The molecule has 1 atom stereocenters. The van der Waals surface area contributed by atoms with Crippen LogP contribution in [-0.4, -0.2) is 37.5 Å². The highest BCUT2D eigenvalue weighted by molar-refractivity contribution is 7.91. The number of morpholine rings is 1. The van der Waals surface area contributed by atoms with Crippen LogP contribution in [-0.2, 0) is 14.8 Å². The fourth-order valence-electron chi connectivity index (χ4n) is 1.92. The molecule has 4 nitrogen and oxygen atoms in total. The van der Waals surface area contributed by atoms with Crippen molar-refractivity contribution in [3.63, 3.8) is 0 Å². The van der Waals surface area contributed by atoms with Gasteiger partial charge in [-0.3, -0.25) is 0 Å². The summed E-state index contributed by atoms with van der Waals surface area (Å²) in [4.78, 5) is 0. The maximum atomic E-state index is 12.6. The monoisotopic (exact) mass is 309 g/mol. The van der Waals surface area contributed by atoms with Crippen molar-refractivity contribution < 1.29 is 13.2 Å². The highest BCUT2D eigenvalue weighted by Gasteiger charge is 2.42. The van der Waals surface area contributed by atoms with Gasteiger partial charge in [0.05, 0.1) is 22.6 Å². The highest BCUT2D eigenvalue weighted by Crippen LogP contribution is 2.33. The summed E-state index contributed by atoms with van der Waals surface area (Å²) in [5.41, 5.74) is -0.540. The van der Waals surface area contributed by atoms with E-state index in [1.54, 1.807) is 12.1 Å². The highest BCUT2D eigenvalue weighted by atomic mass is 35.5. The van der Waals surface area contributed by atoms with Crippen LogP contribution in [0.1, 0.15) is 20.8 Å². The van der Waals surface area contributed by atoms with Crippen molar-refractivity contribution in [3.05, 3.63) is 16.5 Å². The summed E-state index contributed by atoms with van der Waals surface area (Å²) < 4.78 is 33.0. The van der Waals surface area contributed by atoms with Gasteiger partial charge in [0.25, 0.3) is 10.0 Å². The molecule has 0 bridgehead atoms. The van der Waals surface area contributed by atoms with Gasteiger partial charge in [-0.2, -0.15) is 4.31 Å². The Labute approximate surface area is 117 Å². The van der Waals surface area contributed by atoms with E-state index in [2.05, 4.69) is 0 Å². The van der Waals surface area contributed by atoms with Crippen LogP contribution in [0.2, 0.25) is 4.34 Å². The van der Waals surface area contributed by atoms with Gasteiger partial charge in [-0.05, 0) is 32.9 Å². The molecule has 2 rings (SSSR count). The lowest BCUT2D eigenvalue weighted by atomic mass is 10.1. The summed E-state index contributed by atoms with van der Waals surface area (Å²) in [7, 11) is -3.49. The number of rotatable bonds is 2. The second-order valence-corrected chi connectivity index (χ2v) is 8.83. The van der Waals surface area contributed by atoms with Crippen molar-refractivity contribution in [2.75, 3.05) is 13.2 Å². The molecule has 0 N–H and O–H groups in total. The predicted octanol–water partition coefficient (Wildman–Crippen LogP) is 2.59. The fraction of sp³-hybridized carbons (Fsp3) is 0.636. The lowest BCUT2D eigenvalue weighted by Crippen LogP contribution is -2.57. The van der Waals surface area contributed by atoms with Gasteiger partial charge in [0.15, 0.2) is 0 Å². The summed E-state index contributed by atoms with van der Waals surface area (Å²) in [6.45, 7) is 6.37. The second-order valence-electron chi connectivity index (χ2n) is 5.03. The third-order valence-electron chi connectivity index (χ3n) is 2.91. The maximum Gasteiger partial charge on any atom is 0.253 e. The Morgan fingerprint density at radius 3 is 2.72 bits per heavy atom. The first-order chi connectivity index (χ1) is 8.23. The first kappa shape index (κ1) is 14.3. The molecule has 0 aliphatic carbocycles. The van der Waals surface area contributed by atoms with Gasteiger partial charge in [0, 0.05) is 6.54 Å². The van der Waals surface area contributed by atoms with Crippen molar-refractivity contribution in [3.8, 4) is 0 Å². The van der Waals surface area contributed by atoms with Crippen LogP contribution in [0, 0.1) is 0 Å². The molecule has 0 radical (unpaired) electrons. The van der Waals surface area contributed by atoms with Gasteiger partial charge >= 0.3 is 0 Å². The molecule has 0 saturated carbocycles. The van der Waals surface area contributed by atoms with Crippen molar-refractivity contribution in [2.24, 2.45) is 0 Å². The van der Waals surface area contributed by atoms with Crippen molar-refractivity contribution in [1.29, 1.82) is 0 Å². The summed E-state index contributed by atoms with van der Waals surface area (Å²) in [5.74, 6) is 0. The minimum atomic E-state index is -3.49. The number of halogens is 1. The molecule has 18 heavy (non-hydrogen) atoms. The number of nitrogens with zero attached hydrogens (tertiary/aromatic N) is 1. The molecule has 0 spiro atoms. The maximum absolute atomic E-state index is 12.6. The Morgan fingerprint density at radius 2 is 2.17 bits per heavy atom. The average Bonchev–Trinajstić information content (AvgIpc) is 2.69. The normalized spacial score (nSPS) is 25.2. The first-order valence-electron chi connectivity index (χ1n) is 5.63. The molecule has 1 saturated heterocycles. The van der Waals surface area contributed by atoms with Gasteiger partial charge in [0.2, 0.25) is 0 Å². The van der Waals surface area contributed by atoms with E-state index in [0.717, 1.165) is 11.3 Å². The van der Waals surface area contributed by atoms with E-state index in [-0.39, 0.29) is 10.3 Å². The number of hydrogen-bond donors (Lipinski definition) is 0. The van der Waals surface area contributed by atoms with E-state index in [1.165, 1.54) is 4.31 Å². The number of thiophene rings is 1. The van der Waals surface area contributed by atoms with E-state index in [9.17, 15) is 8.42 Å². The minimum absolute atomic E-state index is 0.0942. The van der Waals surface area contributed by atoms with Crippen LogP contribution < -0.4 is 0 Å². The topological polar surface area (TPSA) is 46.6 Å². The second kappa shape index (κ2) is 4.76. The summed E-state index contributed by atoms with van der Waals surface area (Å²) in [5, 5.41) is 0. The van der Waals surface area contributed by atoms with Crippen molar-refractivity contribution in [1.82, 2.24) is 4.31 Å². The van der Waals surface area contributed by atoms with Gasteiger partial charge in [0.1, 0.15) is 4.21 Å². The van der Waals surface area contributed by atoms with E-state index in [4.69, 9.17) is 16.3 Å². The molecule has 1 aromatic heterocycles. The molecule has 0 amide bonds. The zero-order valence-electron chi connectivity index (χ0n) is 10.5. The Balaban J connectivity index is 2.39. The molecule has 1 aliphatic rings. The van der Waals surface area contributed by atoms with E-state index in [0.29, 0.717) is 17.5 Å². The van der Waals surface area contributed by atoms with Gasteiger partial charge in [-0.15, -0.1) is 11.3 Å². The molecule has 102 valence electrons. The Hall–Kier alpha value is -0.140. The van der Waals surface area contributed by atoms with Crippen LogP contribution in [0.15, 0.2) is 16.3 Å². The minimum Gasteiger partial charge on any atom is -0.375 e. The molecular formula is C11H16ClNO3S2. The molecule has 0 aromatic carbocycles. The SMILES string of the molecule is CC1CN(S(=O)(=O)c2ccc(Cl)s2)C(C)(C)CO1. The Kier molecular flexibility index (Phi) is 3.77. The average molecular weight is 310 g/mol. The standard InChI is InChI=1S/C11H16ClNO3S2/c1-8-6-13(11(2,3)7-16-8)18(14,15)10-5-4-9(12)17-10/h4-5,8H,6-7H2,1-3H3.